The van der Waals surface area contributed by atoms with Gasteiger partial charge in [0.1, 0.15) is 0 Å². The maximum absolute atomic E-state index is 9.62. The molecule has 1 N–H and O–H groups in total. The van der Waals surface area contributed by atoms with Crippen molar-refractivity contribution >= 4 is 0 Å². The van der Waals surface area contributed by atoms with Gasteiger partial charge in [0.2, 0.25) is 0 Å². The molecule has 0 radical (unpaired) electrons. The van der Waals surface area contributed by atoms with Crippen molar-refractivity contribution in [2.24, 2.45) is 0 Å². The van der Waals surface area contributed by atoms with E-state index < -0.39 is 0 Å². The Morgan fingerprint density at radius 3 is 2.46 bits per heavy atom. The number of likely N-dealkylation sites (tertiary alicyclic amines) is 1. The molecule has 2 fully saturated rings. The second-order valence-corrected chi connectivity index (χ2v) is 8.43. The van der Waals surface area contributed by atoms with Gasteiger partial charge < -0.3 is 10.0 Å². The minimum absolute atomic E-state index is 0.296. The number of hydrogen-bond donors (Lipinski definition) is 1. The molecule has 26 heavy (non-hydrogen) atoms. The summed E-state index contributed by atoms with van der Waals surface area (Å²) in [5.41, 5.74) is 2.82. The zero-order valence-electron chi connectivity index (χ0n) is 16.9. The number of benzene rings is 1. The highest BCUT2D eigenvalue weighted by atomic mass is 16.3. The maximum Gasteiger partial charge on any atom is 0.0446 e. The van der Waals surface area contributed by atoms with E-state index in [2.05, 4.69) is 59.7 Å². The highest BCUT2D eigenvalue weighted by Crippen LogP contribution is 2.25. The van der Waals surface area contributed by atoms with Crippen LogP contribution in [0, 0.1) is 6.92 Å². The molecular weight excluding hydrogens is 322 g/mol. The SMILES string of the molecule is Cc1ccccc1CN1CCN(C2CCN(C(C)C)CC2)[C@H](CCO)C1. The number of piperidine rings is 1. The first kappa shape index (κ1) is 19.8. The van der Waals surface area contributed by atoms with Crippen molar-refractivity contribution in [1.29, 1.82) is 0 Å². The zero-order chi connectivity index (χ0) is 18.5. The lowest BCUT2D eigenvalue weighted by Gasteiger charge is -2.48. The van der Waals surface area contributed by atoms with Gasteiger partial charge in [0.05, 0.1) is 0 Å². The topological polar surface area (TPSA) is 30.0 Å². The molecular formula is C22H37N3O. The fourth-order valence-corrected chi connectivity index (χ4v) is 4.73. The van der Waals surface area contributed by atoms with E-state index in [1.807, 2.05) is 0 Å². The normalized spacial score (nSPS) is 24.4. The van der Waals surface area contributed by atoms with E-state index in [4.69, 9.17) is 0 Å². The summed E-state index contributed by atoms with van der Waals surface area (Å²) in [7, 11) is 0. The monoisotopic (exact) mass is 359 g/mol. The molecule has 0 saturated carbocycles. The number of nitrogens with zero attached hydrogens (tertiary/aromatic N) is 3. The van der Waals surface area contributed by atoms with Gasteiger partial charge in [0.15, 0.2) is 0 Å². The molecule has 3 rings (SSSR count). The Morgan fingerprint density at radius 1 is 1.08 bits per heavy atom. The minimum Gasteiger partial charge on any atom is -0.396 e. The summed E-state index contributed by atoms with van der Waals surface area (Å²) in [5.74, 6) is 0. The Balaban J connectivity index is 1.59. The highest BCUT2D eigenvalue weighted by molar-refractivity contribution is 5.25. The molecule has 2 aliphatic heterocycles. The smallest absolute Gasteiger partial charge is 0.0446 e. The molecule has 0 unspecified atom stereocenters. The number of aryl methyl sites for hydroxylation is 1. The van der Waals surface area contributed by atoms with Crippen LogP contribution >= 0.6 is 0 Å². The average molecular weight is 360 g/mol. The van der Waals surface area contributed by atoms with Crippen LogP contribution in [-0.2, 0) is 6.54 Å². The molecule has 0 amide bonds. The molecule has 2 saturated heterocycles. The van der Waals surface area contributed by atoms with Crippen molar-refractivity contribution in [1.82, 2.24) is 14.7 Å². The van der Waals surface area contributed by atoms with Gasteiger partial charge in [-0.2, -0.15) is 0 Å². The standard InChI is InChI=1S/C22H37N3O/c1-18(2)24-11-8-21(9-12-24)25-14-13-23(17-22(25)10-15-26)16-20-7-5-4-6-19(20)3/h4-7,18,21-22,26H,8-17H2,1-3H3/t22-/m1/s1. The molecule has 0 bridgehead atoms. The van der Waals surface area contributed by atoms with Crippen LogP contribution in [0.3, 0.4) is 0 Å². The Hall–Kier alpha value is -0.940. The Kier molecular flexibility index (Phi) is 7.10. The van der Waals surface area contributed by atoms with Gasteiger partial charge in [-0.1, -0.05) is 24.3 Å². The molecule has 2 aliphatic rings. The lowest BCUT2D eigenvalue weighted by Crippen LogP contribution is -2.58. The second kappa shape index (κ2) is 9.32. The lowest BCUT2D eigenvalue weighted by molar-refractivity contribution is -0.0000759. The summed E-state index contributed by atoms with van der Waals surface area (Å²) in [6.45, 7) is 14.0. The van der Waals surface area contributed by atoms with E-state index in [-0.39, 0.29) is 0 Å². The quantitative estimate of drug-likeness (QED) is 0.846. The van der Waals surface area contributed by atoms with Gasteiger partial charge in [-0.15, -0.1) is 0 Å². The van der Waals surface area contributed by atoms with E-state index >= 15 is 0 Å². The third kappa shape index (κ3) is 4.86. The van der Waals surface area contributed by atoms with Crippen molar-refractivity contribution in [3.8, 4) is 0 Å². The Morgan fingerprint density at radius 2 is 1.81 bits per heavy atom. The van der Waals surface area contributed by atoms with Gasteiger partial charge in [-0.25, -0.2) is 0 Å². The molecule has 1 atom stereocenters. The van der Waals surface area contributed by atoms with Crippen molar-refractivity contribution in [3.05, 3.63) is 35.4 Å². The van der Waals surface area contributed by atoms with E-state index in [0.29, 0.717) is 24.7 Å². The van der Waals surface area contributed by atoms with Crippen molar-refractivity contribution in [2.75, 3.05) is 39.3 Å². The first-order valence-electron chi connectivity index (χ1n) is 10.5. The molecule has 4 heteroatoms. The van der Waals surface area contributed by atoms with Crippen LogP contribution in [0.4, 0.5) is 0 Å². The molecule has 1 aromatic carbocycles. The van der Waals surface area contributed by atoms with Crippen LogP contribution in [0.15, 0.2) is 24.3 Å². The summed E-state index contributed by atoms with van der Waals surface area (Å²) in [6, 6.07) is 10.6. The minimum atomic E-state index is 0.296. The van der Waals surface area contributed by atoms with Crippen molar-refractivity contribution in [3.63, 3.8) is 0 Å². The number of piperazine rings is 1. The molecule has 0 aliphatic carbocycles. The molecule has 4 nitrogen and oxygen atoms in total. The van der Waals surface area contributed by atoms with Crippen LogP contribution in [0.5, 0.6) is 0 Å². The number of aliphatic hydroxyl groups excluding tert-OH is 1. The predicted octanol–water partition coefficient (Wildman–Crippen LogP) is 2.74. The number of hydrogen-bond acceptors (Lipinski definition) is 4. The van der Waals surface area contributed by atoms with Gasteiger partial charge in [0.25, 0.3) is 0 Å². The first-order valence-corrected chi connectivity index (χ1v) is 10.5. The second-order valence-electron chi connectivity index (χ2n) is 8.43. The van der Waals surface area contributed by atoms with Gasteiger partial charge >= 0.3 is 0 Å². The summed E-state index contributed by atoms with van der Waals surface area (Å²) in [5, 5.41) is 9.62. The van der Waals surface area contributed by atoms with Gasteiger partial charge in [-0.3, -0.25) is 9.80 Å². The molecule has 1 aromatic rings. The molecule has 2 heterocycles. The van der Waals surface area contributed by atoms with Crippen molar-refractivity contribution in [2.45, 2.75) is 64.7 Å². The molecule has 146 valence electrons. The lowest BCUT2D eigenvalue weighted by atomic mass is 9.97. The highest BCUT2D eigenvalue weighted by Gasteiger charge is 2.33. The summed E-state index contributed by atoms with van der Waals surface area (Å²) >= 11 is 0. The molecule has 0 aromatic heterocycles. The fourth-order valence-electron chi connectivity index (χ4n) is 4.73. The van der Waals surface area contributed by atoms with Gasteiger partial charge in [-0.05, 0) is 64.3 Å². The van der Waals surface area contributed by atoms with Crippen LogP contribution in [0.2, 0.25) is 0 Å². The summed E-state index contributed by atoms with van der Waals surface area (Å²) in [4.78, 5) is 7.91. The van der Waals surface area contributed by atoms with E-state index in [1.165, 1.54) is 37.1 Å². The summed E-state index contributed by atoms with van der Waals surface area (Å²) in [6.07, 6.45) is 3.45. The fraction of sp³-hybridized carbons (Fsp3) is 0.727. The number of aliphatic hydroxyl groups is 1. The number of rotatable bonds is 6. The van der Waals surface area contributed by atoms with Crippen LogP contribution in [0.25, 0.3) is 0 Å². The third-order valence-corrected chi connectivity index (χ3v) is 6.43. The average Bonchev–Trinajstić information content (AvgIpc) is 2.64. The first-order chi connectivity index (χ1) is 12.6. The predicted molar refractivity (Wildman–Crippen MR) is 108 cm³/mol. The van der Waals surface area contributed by atoms with E-state index in [9.17, 15) is 5.11 Å². The van der Waals surface area contributed by atoms with Gasteiger partial charge in [0, 0.05) is 50.9 Å². The maximum atomic E-state index is 9.62. The Labute approximate surface area is 159 Å². The van der Waals surface area contributed by atoms with Crippen LogP contribution < -0.4 is 0 Å². The van der Waals surface area contributed by atoms with Crippen molar-refractivity contribution < 1.29 is 5.11 Å². The molecule has 0 spiro atoms. The largest absolute Gasteiger partial charge is 0.396 e. The third-order valence-electron chi connectivity index (χ3n) is 6.43. The van der Waals surface area contributed by atoms with E-state index in [0.717, 1.165) is 32.6 Å². The van der Waals surface area contributed by atoms with E-state index in [1.54, 1.807) is 0 Å². The van der Waals surface area contributed by atoms with Crippen LogP contribution in [0.1, 0.15) is 44.2 Å². The zero-order valence-corrected chi connectivity index (χ0v) is 16.9. The Bertz CT molecular complexity index is 554. The summed E-state index contributed by atoms with van der Waals surface area (Å²) < 4.78 is 0. The van der Waals surface area contributed by atoms with Crippen LogP contribution in [-0.4, -0.2) is 77.3 Å².